The number of anilines is 2. The number of aromatic nitrogens is 5. The van der Waals surface area contributed by atoms with Crippen LogP contribution in [-0.4, -0.2) is 108 Å². The number of piperazine rings is 1. The molecule has 1 saturated carbocycles. The lowest BCUT2D eigenvalue weighted by atomic mass is 9.89. The van der Waals surface area contributed by atoms with E-state index in [1.54, 1.807) is 32.0 Å². The lowest BCUT2D eigenvalue weighted by molar-refractivity contribution is -0.134. The number of nitrogens with zero attached hydrogens (tertiary/aromatic N) is 9. The largest absolute Gasteiger partial charge is 0.386 e. The number of hydrogen-bond acceptors (Lipinski definition) is 10. The molecule has 15 heteroatoms. The first-order valence-corrected chi connectivity index (χ1v) is 21.4. The molecule has 3 aliphatic heterocycles. The van der Waals surface area contributed by atoms with E-state index in [0.29, 0.717) is 53.1 Å². The maximum atomic E-state index is 13.5. The molecule has 3 N–H and O–H groups in total. The molecule has 1 aliphatic carbocycles. The van der Waals surface area contributed by atoms with Gasteiger partial charge in [-0.3, -0.25) is 39.2 Å². The molecule has 9 rings (SSSR count). The van der Waals surface area contributed by atoms with Crippen LogP contribution in [0.3, 0.4) is 0 Å². The van der Waals surface area contributed by atoms with Gasteiger partial charge in [0.25, 0.3) is 5.91 Å². The van der Waals surface area contributed by atoms with E-state index in [9.17, 15) is 19.5 Å². The van der Waals surface area contributed by atoms with Crippen LogP contribution in [0.15, 0.2) is 54.9 Å². The fourth-order valence-corrected chi connectivity index (χ4v) is 10.00. The number of benzene rings is 1. The van der Waals surface area contributed by atoms with Gasteiger partial charge in [-0.2, -0.15) is 10.2 Å². The molecule has 1 unspecified atom stereocenters. The first-order valence-electron chi connectivity index (χ1n) is 21.4. The molecule has 15 nitrogen and oxygen atoms in total. The summed E-state index contributed by atoms with van der Waals surface area (Å²) in [6, 6.07) is 14.4. The molecule has 312 valence electrons. The summed E-state index contributed by atoms with van der Waals surface area (Å²) in [5.74, 6) is -1.17. The summed E-state index contributed by atoms with van der Waals surface area (Å²) in [5.41, 5.74) is 4.87. The third-order valence-electron chi connectivity index (χ3n) is 13.3. The van der Waals surface area contributed by atoms with Crippen LogP contribution < -0.4 is 15.5 Å². The molecule has 0 radical (unpaired) electrons. The molecule has 4 aliphatic rings. The molecule has 4 aromatic heterocycles. The highest BCUT2D eigenvalue weighted by Gasteiger charge is 2.34. The van der Waals surface area contributed by atoms with Gasteiger partial charge in [-0.1, -0.05) is 0 Å². The van der Waals surface area contributed by atoms with E-state index in [-0.39, 0.29) is 29.7 Å². The number of piperidine rings is 2. The average molecular weight is 812 g/mol. The Bertz CT molecular complexity index is 2490. The lowest BCUT2D eigenvalue weighted by Gasteiger charge is -2.46. The molecule has 5 aromatic rings. The highest BCUT2D eigenvalue weighted by Crippen LogP contribution is 2.36. The molecule has 1 atom stereocenters. The van der Waals surface area contributed by atoms with Crippen LogP contribution in [0.4, 0.5) is 17.1 Å². The van der Waals surface area contributed by atoms with Gasteiger partial charge >= 0.3 is 0 Å². The second kappa shape index (κ2) is 16.1. The molecule has 0 spiro atoms. The third-order valence-corrected chi connectivity index (χ3v) is 13.3. The number of carbonyl (C=O) groups excluding carboxylic acids is 3. The zero-order valence-corrected chi connectivity index (χ0v) is 34.6. The number of hydrogen-bond donors (Lipinski definition) is 3. The molecule has 7 heterocycles. The van der Waals surface area contributed by atoms with Crippen molar-refractivity contribution in [2.75, 3.05) is 49.5 Å². The lowest BCUT2D eigenvalue weighted by Crippen LogP contribution is -2.55. The Morgan fingerprint density at radius 3 is 2.27 bits per heavy atom. The summed E-state index contributed by atoms with van der Waals surface area (Å²) in [5, 5.41) is 26.8. The van der Waals surface area contributed by atoms with Crippen molar-refractivity contribution in [1.29, 1.82) is 0 Å². The number of fused-ring (bicyclic) bond motifs is 2. The van der Waals surface area contributed by atoms with Crippen molar-refractivity contribution in [1.82, 2.24) is 39.5 Å². The van der Waals surface area contributed by atoms with E-state index in [1.807, 2.05) is 25.1 Å². The highest BCUT2D eigenvalue weighted by atomic mass is 16.3. The van der Waals surface area contributed by atoms with E-state index in [2.05, 4.69) is 52.2 Å². The summed E-state index contributed by atoms with van der Waals surface area (Å²) in [4.78, 5) is 53.6. The normalized spacial score (nSPS) is 22.6. The standard InChI is InChI=1S/C45H53N11O4/c1-28-40(13-11-37(48-28)35-10-14-42(57)50-43(35)58)54-17-15-32(16-18-54)53-21-19-52(20-22-53)31-5-7-33(8-6-31)55-27-29-23-39(36(45(2,3)60)25-38(29)51-55)49-44(59)41-12-9-34-24-30(46-4)26-47-56(34)41/h9,11-13,23-27,31-33,35,60H,5-8,10,14-22H2,1-3H3,(H,49,59)(H,50,57,58). The summed E-state index contributed by atoms with van der Waals surface area (Å²) >= 11 is 0. The van der Waals surface area contributed by atoms with Gasteiger partial charge < -0.3 is 15.3 Å². The Labute approximate surface area is 349 Å². The number of pyridine rings is 1. The number of carbonyl (C=O) groups is 3. The molecule has 3 saturated heterocycles. The van der Waals surface area contributed by atoms with Crippen LogP contribution in [0, 0.1) is 13.5 Å². The molecule has 1 aromatic carbocycles. The summed E-state index contributed by atoms with van der Waals surface area (Å²) in [6.07, 6.45) is 11.0. The topological polar surface area (TPSA) is 158 Å². The van der Waals surface area contributed by atoms with Crippen LogP contribution in [-0.2, 0) is 15.2 Å². The molecule has 3 amide bonds. The van der Waals surface area contributed by atoms with Gasteiger partial charge in [0.05, 0.1) is 58.4 Å². The van der Waals surface area contributed by atoms with Gasteiger partial charge in [-0.05, 0) is 108 Å². The Morgan fingerprint density at radius 1 is 0.900 bits per heavy atom. The monoisotopic (exact) mass is 811 g/mol. The maximum Gasteiger partial charge on any atom is 0.274 e. The number of nitrogens with one attached hydrogen (secondary N) is 2. The molecule has 0 bridgehead atoms. The predicted molar refractivity (Wildman–Crippen MR) is 228 cm³/mol. The first kappa shape index (κ1) is 39.8. The number of aliphatic hydroxyl groups is 1. The van der Waals surface area contributed by atoms with Crippen molar-refractivity contribution in [2.24, 2.45) is 0 Å². The number of rotatable bonds is 8. The number of amides is 3. The number of imide groups is 1. The van der Waals surface area contributed by atoms with Crippen LogP contribution in [0.2, 0.25) is 0 Å². The van der Waals surface area contributed by atoms with Crippen molar-refractivity contribution in [2.45, 2.75) is 102 Å². The van der Waals surface area contributed by atoms with Crippen molar-refractivity contribution >= 4 is 51.2 Å². The van der Waals surface area contributed by atoms with Crippen molar-refractivity contribution in [3.63, 3.8) is 0 Å². The van der Waals surface area contributed by atoms with Gasteiger partial charge in [-0.15, -0.1) is 0 Å². The van der Waals surface area contributed by atoms with Crippen molar-refractivity contribution < 1.29 is 19.5 Å². The van der Waals surface area contributed by atoms with Gasteiger partial charge in [0, 0.05) is 80.6 Å². The zero-order chi connectivity index (χ0) is 41.7. The Kier molecular flexibility index (Phi) is 10.6. The Morgan fingerprint density at radius 2 is 1.60 bits per heavy atom. The second-order valence-electron chi connectivity index (χ2n) is 17.6. The number of aryl methyl sites for hydroxylation is 1. The van der Waals surface area contributed by atoms with Crippen LogP contribution in [0.1, 0.15) is 105 Å². The average Bonchev–Trinajstić information content (AvgIpc) is 3.87. The van der Waals surface area contributed by atoms with Crippen molar-refractivity contribution in [3.05, 3.63) is 88.9 Å². The molecule has 60 heavy (non-hydrogen) atoms. The van der Waals surface area contributed by atoms with Gasteiger partial charge in [0.1, 0.15) is 5.69 Å². The van der Waals surface area contributed by atoms with E-state index in [0.717, 1.165) is 106 Å². The van der Waals surface area contributed by atoms with E-state index >= 15 is 0 Å². The minimum absolute atomic E-state index is 0.205. The predicted octanol–water partition coefficient (Wildman–Crippen LogP) is 5.71. The second-order valence-corrected chi connectivity index (χ2v) is 17.6. The van der Waals surface area contributed by atoms with Gasteiger partial charge in [-0.25, -0.2) is 9.36 Å². The summed E-state index contributed by atoms with van der Waals surface area (Å²) < 4.78 is 3.61. The highest BCUT2D eigenvalue weighted by molar-refractivity contribution is 6.05. The zero-order valence-electron chi connectivity index (χ0n) is 34.6. The summed E-state index contributed by atoms with van der Waals surface area (Å²) in [7, 11) is 0. The molecular weight excluding hydrogens is 759 g/mol. The Balaban J connectivity index is 0.775. The van der Waals surface area contributed by atoms with Gasteiger partial charge in [0.2, 0.25) is 17.5 Å². The first-order chi connectivity index (χ1) is 28.9. The fraction of sp³-hybridized carbons (Fsp3) is 0.489. The minimum Gasteiger partial charge on any atom is -0.386 e. The fourth-order valence-electron chi connectivity index (χ4n) is 10.00. The smallest absolute Gasteiger partial charge is 0.274 e. The molecular formula is C45H53N11O4. The maximum absolute atomic E-state index is 13.5. The Hall–Kier alpha value is -5.69. The van der Waals surface area contributed by atoms with Crippen LogP contribution in [0.25, 0.3) is 21.3 Å². The SMILES string of the molecule is [C-]#[N+]c1cnn2c(C(=O)Nc3cc4cn(C5CCC(N6CCN(C7CCN(c8ccc(C9CCC(=O)NC9=O)nc8C)CC7)CC6)CC5)nc4cc3C(C)(C)O)ccc2c1. The minimum atomic E-state index is -1.23. The quantitative estimate of drug-likeness (QED) is 0.131. The van der Waals surface area contributed by atoms with E-state index < -0.39 is 5.60 Å². The van der Waals surface area contributed by atoms with Crippen LogP contribution >= 0.6 is 0 Å². The summed E-state index contributed by atoms with van der Waals surface area (Å²) in [6.45, 7) is 19.1. The molecule has 4 fully saturated rings. The van der Waals surface area contributed by atoms with Crippen LogP contribution in [0.5, 0.6) is 0 Å². The van der Waals surface area contributed by atoms with E-state index in [4.69, 9.17) is 16.7 Å². The van der Waals surface area contributed by atoms with Gasteiger partial charge in [0.15, 0.2) is 0 Å². The third kappa shape index (κ3) is 7.87. The van der Waals surface area contributed by atoms with Crippen molar-refractivity contribution in [3.8, 4) is 0 Å². The van der Waals surface area contributed by atoms with E-state index in [1.165, 1.54) is 10.7 Å².